The van der Waals surface area contributed by atoms with E-state index in [2.05, 4.69) is 35.8 Å². The Morgan fingerprint density at radius 3 is 2.26 bits per heavy atom. The normalized spacial score (nSPS) is 16.9. The third-order valence-electron chi connectivity index (χ3n) is 4.20. The Morgan fingerprint density at radius 2 is 1.68 bits per heavy atom. The molecule has 1 aliphatic rings. The van der Waals surface area contributed by atoms with Crippen molar-refractivity contribution in [3.63, 3.8) is 0 Å². The van der Waals surface area contributed by atoms with Gasteiger partial charge in [0.2, 0.25) is 0 Å². The highest BCUT2D eigenvalue weighted by atomic mass is 16.5. The van der Waals surface area contributed by atoms with Gasteiger partial charge in [-0.3, -0.25) is 4.90 Å². The van der Waals surface area contributed by atoms with Crippen LogP contribution in [0, 0.1) is 0 Å². The van der Waals surface area contributed by atoms with Crippen LogP contribution >= 0.6 is 0 Å². The summed E-state index contributed by atoms with van der Waals surface area (Å²) in [7, 11) is 1.75. The van der Waals surface area contributed by atoms with E-state index in [0.717, 1.165) is 38.0 Å². The minimum absolute atomic E-state index is 0.750. The third kappa shape index (κ3) is 3.21. The van der Waals surface area contributed by atoms with Crippen molar-refractivity contribution in [3.05, 3.63) is 24.3 Å². The van der Waals surface area contributed by atoms with Gasteiger partial charge < -0.3 is 9.64 Å². The molecule has 1 fully saturated rings. The van der Waals surface area contributed by atoms with E-state index in [9.17, 15) is 0 Å². The summed E-state index contributed by atoms with van der Waals surface area (Å²) in [5, 5.41) is 0. The molecule has 0 radical (unpaired) electrons. The van der Waals surface area contributed by atoms with Gasteiger partial charge in [-0.05, 0) is 25.0 Å². The average Bonchev–Trinajstić information content (AvgIpc) is 2.49. The Labute approximate surface area is 117 Å². The first-order chi connectivity index (χ1) is 9.30. The molecule has 0 amide bonds. The predicted molar refractivity (Wildman–Crippen MR) is 81.2 cm³/mol. The first kappa shape index (κ1) is 14.2. The van der Waals surface area contributed by atoms with Gasteiger partial charge in [0.25, 0.3) is 0 Å². The molecule has 106 valence electrons. The summed E-state index contributed by atoms with van der Waals surface area (Å²) in [5.41, 5.74) is 1.23. The van der Waals surface area contributed by atoms with Crippen molar-refractivity contribution in [3.8, 4) is 5.75 Å². The van der Waals surface area contributed by atoms with E-state index in [1.165, 1.54) is 18.5 Å². The molecule has 0 unspecified atom stereocenters. The molecule has 3 nitrogen and oxygen atoms in total. The minimum Gasteiger partial charge on any atom is -0.495 e. The fourth-order valence-electron chi connectivity index (χ4n) is 3.02. The van der Waals surface area contributed by atoms with Gasteiger partial charge in [-0.25, -0.2) is 0 Å². The molecule has 1 aromatic carbocycles. The van der Waals surface area contributed by atoms with Crippen molar-refractivity contribution in [2.75, 3.05) is 38.2 Å². The highest BCUT2D eigenvalue weighted by molar-refractivity contribution is 5.58. The van der Waals surface area contributed by atoms with E-state index < -0.39 is 0 Å². The summed E-state index contributed by atoms with van der Waals surface area (Å²) in [6, 6.07) is 9.07. The van der Waals surface area contributed by atoms with Gasteiger partial charge in [-0.2, -0.15) is 0 Å². The topological polar surface area (TPSA) is 15.7 Å². The Balaban J connectivity index is 1.99. The van der Waals surface area contributed by atoms with Gasteiger partial charge in [0.15, 0.2) is 0 Å². The smallest absolute Gasteiger partial charge is 0.142 e. The van der Waals surface area contributed by atoms with Crippen LogP contribution in [0.15, 0.2) is 24.3 Å². The van der Waals surface area contributed by atoms with Crippen molar-refractivity contribution in [2.45, 2.75) is 32.7 Å². The number of rotatable bonds is 5. The number of methoxy groups -OCH3 is 1. The highest BCUT2D eigenvalue weighted by Crippen LogP contribution is 2.28. The van der Waals surface area contributed by atoms with Crippen LogP contribution in [-0.2, 0) is 0 Å². The van der Waals surface area contributed by atoms with Crippen LogP contribution in [0.2, 0.25) is 0 Å². The molecule has 19 heavy (non-hydrogen) atoms. The lowest BCUT2D eigenvalue weighted by atomic mass is 10.1. The van der Waals surface area contributed by atoms with Gasteiger partial charge in [0.1, 0.15) is 5.75 Å². The number of benzene rings is 1. The van der Waals surface area contributed by atoms with Crippen LogP contribution in [0.5, 0.6) is 5.75 Å². The van der Waals surface area contributed by atoms with Crippen molar-refractivity contribution in [1.82, 2.24) is 4.90 Å². The van der Waals surface area contributed by atoms with E-state index in [0.29, 0.717) is 0 Å². The van der Waals surface area contributed by atoms with E-state index in [1.807, 2.05) is 12.1 Å². The number of para-hydroxylation sites is 2. The summed E-state index contributed by atoms with van der Waals surface area (Å²) in [6.07, 6.45) is 2.51. The zero-order chi connectivity index (χ0) is 13.7. The molecule has 2 rings (SSSR count). The fraction of sp³-hybridized carbons (Fsp3) is 0.625. The van der Waals surface area contributed by atoms with Crippen molar-refractivity contribution < 1.29 is 4.74 Å². The summed E-state index contributed by atoms with van der Waals surface area (Å²) < 4.78 is 5.46. The standard InChI is InChI=1S/C16H26N2O/c1-4-14(5-2)17-10-12-18(13-11-17)15-8-6-7-9-16(15)19-3/h6-9,14H,4-5,10-13H2,1-3H3. The molecule has 0 aliphatic carbocycles. The SMILES string of the molecule is CCC(CC)N1CCN(c2ccccc2OC)CC1. The van der Waals surface area contributed by atoms with E-state index in [4.69, 9.17) is 4.74 Å². The molecule has 1 heterocycles. The third-order valence-corrected chi connectivity index (χ3v) is 4.20. The lowest BCUT2D eigenvalue weighted by molar-refractivity contribution is 0.175. The second kappa shape index (κ2) is 6.80. The van der Waals surface area contributed by atoms with Gasteiger partial charge >= 0.3 is 0 Å². The maximum absolute atomic E-state index is 5.46. The number of nitrogens with zero attached hydrogens (tertiary/aromatic N) is 2. The van der Waals surface area contributed by atoms with Crippen LogP contribution in [0.4, 0.5) is 5.69 Å². The maximum atomic E-state index is 5.46. The molecule has 1 aliphatic heterocycles. The molecule has 0 atom stereocenters. The van der Waals surface area contributed by atoms with Gasteiger partial charge in [-0.1, -0.05) is 26.0 Å². The zero-order valence-corrected chi connectivity index (χ0v) is 12.4. The first-order valence-electron chi connectivity index (χ1n) is 7.42. The molecule has 0 saturated carbocycles. The largest absolute Gasteiger partial charge is 0.495 e. The van der Waals surface area contributed by atoms with Crippen LogP contribution < -0.4 is 9.64 Å². The van der Waals surface area contributed by atoms with Crippen LogP contribution in [0.3, 0.4) is 0 Å². The summed E-state index contributed by atoms with van der Waals surface area (Å²) in [5.74, 6) is 0.985. The molecule has 3 heteroatoms. The molecule has 0 aromatic heterocycles. The minimum atomic E-state index is 0.750. The van der Waals surface area contributed by atoms with Gasteiger partial charge in [0.05, 0.1) is 12.8 Å². The second-order valence-corrected chi connectivity index (χ2v) is 5.17. The van der Waals surface area contributed by atoms with E-state index in [-0.39, 0.29) is 0 Å². The van der Waals surface area contributed by atoms with Crippen LogP contribution in [0.1, 0.15) is 26.7 Å². The lowest BCUT2D eigenvalue weighted by Crippen LogP contribution is -2.50. The van der Waals surface area contributed by atoms with Gasteiger partial charge in [-0.15, -0.1) is 0 Å². The summed E-state index contributed by atoms with van der Waals surface area (Å²) in [4.78, 5) is 5.07. The Morgan fingerprint density at radius 1 is 1.05 bits per heavy atom. The molecule has 1 aromatic rings. The summed E-state index contributed by atoms with van der Waals surface area (Å²) in [6.45, 7) is 9.09. The molecular weight excluding hydrogens is 236 g/mol. The first-order valence-corrected chi connectivity index (χ1v) is 7.42. The zero-order valence-electron chi connectivity index (χ0n) is 12.4. The summed E-state index contributed by atoms with van der Waals surface area (Å²) >= 11 is 0. The Kier molecular flexibility index (Phi) is 5.08. The Hall–Kier alpha value is -1.22. The van der Waals surface area contributed by atoms with Crippen LogP contribution in [0.25, 0.3) is 0 Å². The predicted octanol–water partition coefficient (Wildman–Crippen LogP) is 3.01. The lowest BCUT2D eigenvalue weighted by Gasteiger charge is -2.40. The van der Waals surface area contributed by atoms with Crippen molar-refractivity contribution in [2.24, 2.45) is 0 Å². The van der Waals surface area contributed by atoms with E-state index in [1.54, 1.807) is 7.11 Å². The molecule has 1 saturated heterocycles. The average molecular weight is 262 g/mol. The number of hydrogen-bond acceptors (Lipinski definition) is 3. The van der Waals surface area contributed by atoms with Crippen LogP contribution in [-0.4, -0.2) is 44.2 Å². The highest BCUT2D eigenvalue weighted by Gasteiger charge is 2.22. The van der Waals surface area contributed by atoms with Gasteiger partial charge in [0, 0.05) is 32.2 Å². The quantitative estimate of drug-likeness (QED) is 0.811. The Bertz CT molecular complexity index is 382. The number of ether oxygens (including phenoxy) is 1. The number of anilines is 1. The molecule has 0 bridgehead atoms. The monoisotopic (exact) mass is 262 g/mol. The molecule has 0 spiro atoms. The number of piperazine rings is 1. The molecule has 0 N–H and O–H groups in total. The molecular formula is C16H26N2O. The second-order valence-electron chi connectivity index (χ2n) is 5.17. The van der Waals surface area contributed by atoms with Crippen molar-refractivity contribution in [1.29, 1.82) is 0 Å². The number of hydrogen-bond donors (Lipinski definition) is 0. The van der Waals surface area contributed by atoms with E-state index >= 15 is 0 Å². The van der Waals surface area contributed by atoms with Crippen molar-refractivity contribution >= 4 is 5.69 Å². The fourth-order valence-corrected chi connectivity index (χ4v) is 3.02. The maximum Gasteiger partial charge on any atom is 0.142 e.